The number of rotatable bonds is 6. The fourth-order valence-corrected chi connectivity index (χ4v) is 2.78. The molecule has 1 aromatic carbocycles. The van der Waals surface area contributed by atoms with Gasteiger partial charge < -0.3 is 20.5 Å². The van der Waals surface area contributed by atoms with Crippen LogP contribution in [0.25, 0.3) is 0 Å². The number of hydrogen-bond donors (Lipinski definition) is 3. The smallest absolute Gasteiger partial charge is 0.407 e. The number of sulfonamides is 1. The van der Waals surface area contributed by atoms with Crippen molar-refractivity contribution >= 4 is 21.8 Å². The number of ether oxygens (including phenoxy) is 2. The zero-order valence-corrected chi connectivity index (χ0v) is 14.5. The van der Waals surface area contributed by atoms with Crippen LogP contribution in [0.1, 0.15) is 20.8 Å². The van der Waals surface area contributed by atoms with Crippen LogP contribution in [0.3, 0.4) is 0 Å². The Morgan fingerprint density at radius 1 is 1.26 bits per heavy atom. The van der Waals surface area contributed by atoms with Gasteiger partial charge in [-0.3, -0.25) is 0 Å². The Labute approximate surface area is 136 Å². The summed E-state index contributed by atoms with van der Waals surface area (Å²) in [5, 5.41) is 2.46. The quantitative estimate of drug-likeness (QED) is 0.524. The molecule has 8 nitrogen and oxygen atoms in total. The Morgan fingerprint density at radius 3 is 2.43 bits per heavy atom. The van der Waals surface area contributed by atoms with Crippen LogP contribution in [-0.4, -0.2) is 40.3 Å². The minimum atomic E-state index is -3.77. The molecule has 0 atom stereocenters. The Morgan fingerprint density at radius 2 is 1.91 bits per heavy atom. The van der Waals surface area contributed by atoms with E-state index in [2.05, 4.69) is 10.0 Å². The minimum Gasteiger partial charge on any atom is -0.497 e. The third kappa shape index (κ3) is 6.33. The number of methoxy groups -OCH3 is 1. The van der Waals surface area contributed by atoms with Crippen LogP contribution in [-0.2, 0) is 14.8 Å². The SMILES string of the molecule is COc1ccc(S(=O)(=O)NCCNC(=O)OC(C)(C)C)c(N)c1. The zero-order chi connectivity index (χ0) is 17.7. The van der Waals surface area contributed by atoms with E-state index in [4.69, 9.17) is 15.2 Å². The van der Waals surface area contributed by atoms with Crippen molar-refractivity contribution in [1.82, 2.24) is 10.0 Å². The van der Waals surface area contributed by atoms with E-state index in [0.717, 1.165) is 0 Å². The van der Waals surface area contributed by atoms with Gasteiger partial charge in [0, 0.05) is 19.2 Å². The number of alkyl carbamates (subject to hydrolysis) is 1. The summed E-state index contributed by atoms with van der Waals surface area (Å²) in [6.07, 6.45) is -0.611. The molecule has 0 spiro atoms. The van der Waals surface area contributed by atoms with Crippen LogP contribution in [0.4, 0.5) is 10.5 Å². The molecular formula is C14H23N3O5S. The molecule has 0 radical (unpaired) electrons. The first-order chi connectivity index (χ1) is 10.5. The molecular weight excluding hydrogens is 322 g/mol. The lowest BCUT2D eigenvalue weighted by molar-refractivity contribution is 0.0529. The minimum absolute atomic E-state index is 0.00699. The number of carbonyl (C=O) groups is 1. The lowest BCUT2D eigenvalue weighted by Crippen LogP contribution is -2.38. The summed E-state index contributed by atoms with van der Waals surface area (Å²) in [7, 11) is -2.31. The molecule has 23 heavy (non-hydrogen) atoms. The number of anilines is 1. The summed E-state index contributed by atoms with van der Waals surface area (Å²) in [5.74, 6) is 0.466. The maximum absolute atomic E-state index is 12.2. The highest BCUT2D eigenvalue weighted by Gasteiger charge is 2.18. The number of nitrogen functional groups attached to an aromatic ring is 1. The largest absolute Gasteiger partial charge is 0.497 e. The highest BCUT2D eigenvalue weighted by molar-refractivity contribution is 7.89. The molecule has 9 heteroatoms. The van der Waals surface area contributed by atoms with Gasteiger partial charge in [-0.25, -0.2) is 17.9 Å². The van der Waals surface area contributed by atoms with E-state index < -0.39 is 21.7 Å². The average molecular weight is 345 g/mol. The first kappa shape index (κ1) is 19.0. The lowest BCUT2D eigenvalue weighted by atomic mass is 10.2. The van der Waals surface area contributed by atoms with Crippen molar-refractivity contribution in [3.05, 3.63) is 18.2 Å². The Bertz CT molecular complexity index is 653. The Kier molecular flexibility index (Phi) is 6.22. The number of benzene rings is 1. The molecule has 1 rings (SSSR count). The maximum Gasteiger partial charge on any atom is 0.407 e. The van der Waals surface area contributed by atoms with Gasteiger partial charge in [0.15, 0.2) is 0 Å². The predicted octanol–water partition coefficient (Wildman–Crippen LogP) is 1.08. The second-order valence-corrected chi connectivity index (χ2v) is 7.47. The van der Waals surface area contributed by atoms with Crippen LogP contribution in [0.15, 0.2) is 23.1 Å². The van der Waals surface area contributed by atoms with E-state index in [-0.39, 0.29) is 23.7 Å². The molecule has 0 bridgehead atoms. The molecule has 0 aliphatic carbocycles. The molecule has 1 aromatic rings. The first-order valence-corrected chi connectivity index (χ1v) is 8.43. The fourth-order valence-electron chi connectivity index (χ4n) is 1.64. The second kappa shape index (κ2) is 7.51. The van der Waals surface area contributed by atoms with Gasteiger partial charge in [-0.05, 0) is 32.9 Å². The van der Waals surface area contributed by atoms with Crippen LogP contribution in [0, 0.1) is 0 Å². The predicted molar refractivity (Wildman–Crippen MR) is 86.8 cm³/mol. The molecule has 130 valence electrons. The number of carbonyl (C=O) groups excluding carboxylic acids is 1. The van der Waals surface area contributed by atoms with Crippen LogP contribution in [0.2, 0.25) is 0 Å². The lowest BCUT2D eigenvalue weighted by Gasteiger charge is -2.19. The molecule has 0 heterocycles. The van der Waals surface area contributed by atoms with E-state index in [0.29, 0.717) is 5.75 Å². The van der Waals surface area contributed by atoms with Crippen molar-refractivity contribution in [2.75, 3.05) is 25.9 Å². The summed E-state index contributed by atoms with van der Waals surface area (Å²) in [5.41, 5.74) is 5.19. The van der Waals surface area contributed by atoms with Crippen LogP contribution < -0.4 is 20.5 Å². The average Bonchev–Trinajstić information content (AvgIpc) is 2.41. The van der Waals surface area contributed by atoms with Crippen molar-refractivity contribution in [2.24, 2.45) is 0 Å². The van der Waals surface area contributed by atoms with Crippen molar-refractivity contribution in [3.63, 3.8) is 0 Å². The standard InChI is InChI=1S/C14H23N3O5S/c1-14(2,3)22-13(18)16-7-8-17-23(19,20)12-6-5-10(21-4)9-11(12)15/h5-6,9,17H,7-8,15H2,1-4H3,(H,16,18). The molecule has 0 aliphatic heterocycles. The van der Waals surface area contributed by atoms with Crippen LogP contribution in [0.5, 0.6) is 5.75 Å². The summed E-state index contributed by atoms with van der Waals surface area (Å²) >= 11 is 0. The van der Waals surface area contributed by atoms with Gasteiger partial charge in [-0.15, -0.1) is 0 Å². The molecule has 0 saturated carbocycles. The second-order valence-electron chi connectivity index (χ2n) is 5.73. The first-order valence-electron chi connectivity index (χ1n) is 6.95. The van der Waals surface area contributed by atoms with Crippen LogP contribution >= 0.6 is 0 Å². The molecule has 4 N–H and O–H groups in total. The molecule has 0 saturated heterocycles. The van der Waals surface area contributed by atoms with Gasteiger partial charge in [0.2, 0.25) is 10.0 Å². The van der Waals surface area contributed by atoms with Gasteiger partial charge in [0.25, 0.3) is 0 Å². The molecule has 0 aliphatic rings. The summed E-state index contributed by atoms with van der Waals surface area (Å²) in [6, 6.07) is 4.29. The van der Waals surface area contributed by atoms with Gasteiger partial charge in [-0.1, -0.05) is 0 Å². The van der Waals surface area contributed by atoms with E-state index in [1.165, 1.54) is 25.3 Å². The van der Waals surface area contributed by atoms with Crippen molar-refractivity contribution < 1.29 is 22.7 Å². The van der Waals surface area contributed by atoms with Gasteiger partial charge >= 0.3 is 6.09 Å². The van der Waals surface area contributed by atoms with Gasteiger partial charge in [0.05, 0.1) is 12.8 Å². The summed E-state index contributed by atoms with van der Waals surface area (Å²) in [4.78, 5) is 11.4. The third-order valence-electron chi connectivity index (χ3n) is 2.59. The van der Waals surface area contributed by atoms with E-state index in [1.54, 1.807) is 20.8 Å². The highest BCUT2D eigenvalue weighted by atomic mass is 32.2. The number of nitrogens with two attached hydrogens (primary N) is 1. The molecule has 1 amide bonds. The fraction of sp³-hybridized carbons (Fsp3) is 0.500. The zero-order valence-electron chi connectivity index (χ0n) is 13.7. The van der Waals surface area contributed by atoms with Crippen molar-refractivity contribution in [3.8, 4) is 5.75 Å². The number of nitrogens with one attached hydrogen (secondary N) is 2. The molecule has 0 aromatic heterocycles. The topological polar surface area (TPSA) is 120 Å². The summed E-state index contributed by atoms with van der Waals surface area (Å²) < 4.78 is 36.7. The maximum atomic E-state index is 12.2. The Balaban J connectivity index is 2.55. The summed E-state index contributed by atoms with van der Waals surface area (Å²) in [6.45, 7) is 5.31. The normalized spacial score (nSPS) is 11.8. The third-order valence-corrected chi connectivity index (χ3v) is 4.13. The van der Waals surface area contributed by atoms with E-state index >= 15 is 0 Å². The van der Waals surface area contributed by atoms with Gasteiger partial charge in [-0.2, -0.15) is 0 Å². The monoisotopic (exact) mass is 345 g/mol. The van der Waals surface area contributed by atoms with Crippen molar-refractivity contribution in [1.29, 1.82) is 0 Å². The van der Waals surface area contributed by atoms with E-state index in [9.17, 15) is 13.2 Å². The van der Waals surface area contributed by atoms with E-state index in [1.807, 2.05) is 0 Å². The molecule has 0 fully saturated rings. The van der Waals surface area contributed by atoms with Gasteiger partial charge in [0.1, 0.15) is 16.2 Å². The Hall–Kier alpha value is -2.00. The molecule has 0 unspecified atom stereocenters. The number of hydrogen-bond acceptors (Lipinski definition) is 6. The highest BCUT2D eigenvalue weighted by Crippen LogP contribution is 2.23. The van der Waals surface area contributed by atoms with Crippen molar-refractivity contribution in [2.45, 2.75) is 31.3 Å². The number of amides is 1.